The summed E-state index contributed by atoms with van der Waals surface area (Å²) in [6.07, 6.45) is 3.53. The molecule has 0 aliphatic carbocycles. The molecule has 0 bridgehead atoms. The third-order valence-corrected chi connectivity index (χ3v) is 13.2. The van der Waals surface area contributed by atoms with E-state index < -0.39 is 84.3 Å². The zero-order valence-electron chi connectivity index (χ0n) is 40.7. The van der Waals surface area contributed by atoms with Crippen LogP contribution in [0.4, 0.5) is 4.39 Å². The van der Waals surface area contributed by atoms with E-state index in [2.05, 4.69) is 21.3 Å². The normalized spacial score (nSPS) is 17.8. The number of benzene rings is 2. The Morgan fingerprint density at radius 3 is 2.31 bits per heavy atom. The lowest BCUT2D eigenvalue weighted by Crippen LogP contribution is -2.54. The van der Waals surface area contributed by atoms with Gasteiger partial charge in [0.15, 0.2) is 5.60 Å². The van der Waals surface area contributed by atoms with Gasteiger partial charge in [-0.15, -0.1) is 0 Å². The Morgan fingerprint density at radius 1 is 0.931 bits per heavy atom. The molecule has 6 amide bonds. The van der Waals surface area contributed by atoms with Crippen molar-refractivity contribution in [1.29, 1.82) is 0 Å². The van der Waals surface area contributed by atoms with Crippen molar-refractivity contribution in [3.63, 3.8) is 0 Å². The summed E-state index contributed by atoms with van der Waals surface area (Å²) < 4.78 is 27.6. The number of aryl methyl sites for hydroxylation is 1. The molecular formula is C51H59FN8O12. The fourth-order valence-electron chi connectivity index (χ4n) is 8.88. The Kier molecular flexibility index (Phi) is 16.3. The Balaban J connectivity index is 0.950. The molecule has 0 spiro atoms. The van der Waals surface area contributed by atoms with Gasteiger partial charge in [-0.25, -0.2) is 14.2 Å². The number of rotatable bonds is 21. The largest absolute Gasteiger partial charge is 0.458 e. The smallest absolute Gasteiger partial charge is 0.343 e. The molecule has 2 aromatic carbocycles. The molecule has 5 atom stereocenters. The average Bonchev–Trinajstić information content (AvgIpc) is 3.89. The van der Waals surface area contributed by atoms with Gasteiger partial charge in [0.1, 0.15) is 50.1 Å². The first-order valence-corrected chi connectivity index (χ1v) is 23.8. The van der Waals surface area contributed by atoms with E-state index in [4.69, 9.17) is 14.5 Å². The highest BCUT2D eigenvalue weighted by Gasteiger charge is 2.45. The van der Waals surface area contributed by atoms with Gasteiger partial charge < -0.3 is 55.3 Å². The van der Waals surface area contributed by atoms with E-state index in [1.165, 1.54) is 53.4 Å². The van der Waals surface area contributed by atoms with Crippen LogP contribution in [-0.4, -0.2) is 115 Å². The van der Waals surface area contributed by atoms with Crippen molar-refractivity contribution in [2.24, 2.45) is 0 Å². The van der Waals surface area contributed by atoms with Gasteiger partial charge in [0.05, 0.1) is 29.0 Å². The highest BCUT2D eigenvalue weighted by Crippen LogP contribution is 2.41. The summed E-state index contributed by atoms with van der Waals surface area (Å²) >= 11 is 0. The minimum absolute atomic E-state index is 0.0240. The number of aliphatic hydroxyl groups excluding tert-OH is 1. The summed E-state index contributed by atoms with van der Waals surface area (Å²) in [4.78, 5) is 112. The predicted octanol–water partition coefficient (Wildman–Crippen LogP) is 1.94. The molecule has 382 valence electrons. The molecule has 72 heavy (non-hydrogen) atoms. The summed E-state index contributed by atoms with van der Waals surface area (Å²) in [6, 6.07) is 10.5. The maximum absolute atomic E-state index is 15.2. The fourth-order valence-corrected chi connectivity index (χ4v) is 8.88. The van der Waals surface area contributed by atoms with Gasteiger partial charge in [0, 0.05) is 54.7 Å². The summed E-state index contributed by atoms with van der Waals surface area (Å²) in [5.74, 6) is -4.48. The van der Waals surface area contributed by atoms with Crippen molar-refractivity contribution in [2.75, 3.05) is 19.9 Å². The number of carbonyl (C=O) groups is 7. The first-order chi connectivity index (χ1) is 34.3. The van der Waals surface area contributed by atoms with E-state index in [0.29, 0.717) is 59.3 Å². The number of aliphatic hydroxyl groups is 2. The molecule has 0 saturated heterocycles. The maximum Gasteiger partial charge on any atom is 0.343 e. The van der Waals surface area contributed by atoms with Crippen molar-refractivity contribution in [1.82, 2.24) is 40.6 Å². The van der Waals surface area contributed by atoms with E-state index >= 15 is 4.39 Å². The van der Waals surface area contributed by atoms with Gasteiger partial charge in [0.25, 0.3) is 5.56 Å². The summed E-state index contributed by atoms with van der Waals surface area (Å²) in [7, 11) is 0. The number of unbranched alkanes of at least 4 members (excludes halogenated alkanes) is 2. The average molecular weight is 995 g/mol. The number of carbonyl (C=O) groups excluding carboxylic acids is 7. The molecular weight excluding hydrogens is 936 g/mol. The van der Waals surface area contributed by atoms with Crippen LogP contribution in [-0.2, 0) is 74.9 Å². The van der Waals surface area contributed by atoms with E-state index in [9.17, 15) is 48.6 Å². The number of esters is 1. The lowest BCUT2D eigenvalue weighted by atomic mass is 9.86. The fraction of sp³-hybridized carbons (Fsp3) is 0.431. The number of fused-ring (bicyclic) bond motifs is 5. The van der Waals surface area contributed by atoms with Crippen LogP contribution in [0.3, 0.4) is 0 Å². The van der Waals surface area contributed by atoms with Crippen molar-refractivity contribution >= 4 is 52.3 Å². The summed E-state index contributed by atoms with van der Waals surface area (Å²) in [5.41, 5.74) is 0.874. The number of nitrogens with zero attached hydrogens (tertiary/aromatic N) is 4. The van der Waals surface area contributed by atoms with E-state index in [1.54, 1.807) is 26.0 Å². The highest BCUT2D eigenvalue weighted by molar-refractivity contribution is 5.94. The van der Waals surface area contributed by atoms with Crippen molar-refractivity contribution in [3.05, 3.63) is 110 Å². The number of hydrogen-bond acceptors (Lipinski definition) is 13. The topological polar surface area (TPSA) is 268 Å². The molecule has 2 aromatic heterocycles. The first-order valence-electron chi connectivity index (χ1n) is 23.8. The third-order valence-electron chi connectivity index (χ3n) is 13.2. The van der Waals surface area contributed by atoms with Crippen LogP contribution in [0, 0.1) is 12.7 Å². The molecule has 1 unspecified atom stereocenters. The second-order valence-corrected chi connectivity index (χ2v) is 18.3. The molecule has 0 fully saturated rings. The van der Waals surface area contributed by atoms with Crippen LogP contribution in [0.2, 0.25) is 0 Å². The SMILES string of the molecule is CC[C@@]1(O)C(=O)OCc2c1cc1n(c2=O)Cc2c-1nc1cc(F)c(C)cc1c2CN(Cc1ccccc1)C(=O)COCNC(=O)[C@H](C)NC(=O)[C@H](C)NC(=O)[C@H](C)NC(=O)CCCCCN1C(=O)C=CC1O. The monoisotopic (exact) mass is 994 g/mol. The standard InChI is InChI=1S/C51H59FN8O12/c1-6-51(70)37-20-40-45-35(24-60(40)49(68)36(37)25-72-50(51)69)34(33-19-28(2)38(52)21-39(33)57-45)23-58(22-32-13-9-7-10-14-32)44(64)26-71-27-53-46(65)29(3)55-48(67)31(5)56-47(66)30(4)54-41(61)15-11-8-12-18-59-42(62)16-17-43(59)63/h7,9-10,13-14,16-17,19-21,29-31,42,62,70H,6,8,11-12,15,18,22-27H2,1-5H3,(H,53,65)(H,54,61)(H,55,67)(H,56,66)/t29-,30-,31-,42?,51-/m0/s1. The lowest BCUT2D eigenvalue weighted by molar-refractivity contribution is -0.172. The number of hydrogen-bond donors (Lipinski definition) is 6. The quantitative estimate of drug-likeness (QED) is 0.0349. The maximum atomic E-state index is 15.2. The molecule has 7 rings (SSSR count). The summed E-state index contributed by atoms with van der Waals surface area (Å²) in [5, 5.41) is 31.9. The molecule has 6 N–H and O–H groups in total. The molecule has 3 aliphatic heterocycles. The molecule has 5 heterocycles. The highest BCUT2D eigenvalue weighted by atomic mass is 19.1. The van der Waals surface area contributed by atoms with Gasteiger partial charge in [-0.05, 0) is 81.9 Å². The van der Waals surface area contributed by atoms with Crippen LogP contribution in [0.25, 0.3) is 22.3 Å². The molecule has 20 nitrogen and oxygen atoms in total. The Labute approximate surface area is 413 Å². The molecule has 0 saturated carbocycles. The molecule has 0 radical (unpaired) electrons. The Hall–Kier alpha value is -7.36. The minimum Gasteiger partial charge on any atom is -0.458 e. The number of nitrogens with one attached hydrogen (secondary N) is 4. The van der Waals surface area contributed by atoms with E-state index in [1.807, 2.05) is 30.3 Å². The molecule has 3 aliphatic rings. The van der Waals surface area contributed by atoms with Crippen molar-refractivity contribution in [2.45, 2.75) is 123 Å². The second kappa shape index (κ2) is 22.4. The van der Waals surface area contributed by atoms with Gasteiger partial charge >= 0.3 is 5.97 Å². The molecule has 4 aromatic rings. The Morgan fingerprint density at radius 2 is 1.62 bits per heavy atom. The third kappa shape index (κ3) is 11.4. The van der Waals surface area contributed by atoms with Crippen LogP contribution in [0.15, 0.2) is 65.5 Å². The zero-order valence-corrected chi connectivity index (χ0v) is 40.7. The lowest BCUT2D eigenvalue weighted by Gasteiger charge is -2.31. The molecule has 21 heteroatoms. The minimum atomic E-state index is -2.06. The van der Waals surface area contributed by atoms with Crippen LogP contribution in [0.5, 0.6) is 0 Å². The van der Waals surface area contributed by atoms with E-state index in [-0.39, 0.29) is 67.5 Å². The number of halogens is 1. The summed E-state index contributed by atoms with van der Waals surface area (Å²) in [6.45, 7) is 6.70. The zero-order chi connectivity index (χ0) is 52.0. The van der Waals surface area contributed by atoms with E-state index in [0.717, 1.165) is 5.56 Å². The van der Waals surface area contributed by atoms with Crippen LogP contribution >= 0.6 is 0 Å². The number of cyclic esters (lactones) is 1. The van der Waals surface area contributed by atoms with Crippen molar-refractivity contribution in [3.8, 4) is 11.4 Å². The first kappa shape index (κ1) is 52.5. The number of pyridine rings is 2. The number of aromatic nitrogens is 2. The predicted molar refractivity (Wildman–Crippen MR) is 257 cm³/mol. The number of amides is 6. The van der Waals surface area contributed by atoms with Crippen LogP contribution < -0.4 is 26.8 Å². The van der Waals surface area contributed by atoms with Gasteiger partial charge in [-0.3, -0.25) is 33.6 Å². The van der Waals surface area contributed by atoms with Gasteiger partial charge in [0.2, 0.25) is 35.4 Å². The number of ether oxygens (including phenoxy) is 2. The van der Waals surface area contributed by atoms with Gasteiger partial charge in [-0.2, -0.15) is 0 Å². The Bertz CT molecular complexity index is 2890. The second-order valence-electron chi connectivity index (χ2n) is 18.3. The van der Waals surface area contributed by atoms with Gasteiger partial charge in [-0.1, -0.05) is 43.7 Å². The van der Waals surface area contributed by atoms with Crippen LogP contribution in [0.1, 0.15) is 93.2 Å². The van der Waals surface area contributed by atoms with Crippen molar-refractivity contribution < 1.29 is 57.6 Å².